The third-order valence-electron chi connectivity index (χ3n) is 2.68. The van der Waals surface area contributed by atoms with Crippen LogP contribution in [0.3, 0.4) is 0 Å². The molecule has 2 aromatic heterocycles. The third kappa shape index (κ3) is 3.95. The summed E-state index contributed by atoms with van der Waals surface area (Å²) in [4.78, 5) is 21.3. The van der Waals surface area contributed by atoms with Gasteiger partial charge in [-0.05, 0) is 12.1 Å². The van der Waals surface area contributed by atoms with Gasteiger partial charge >= 0.3 is 6.18 Å². The number of carbonyl (C=O) groups excluding carboxylic acids is 1. The fraction of sp³-hybridized carbons (Fsp3) is 0.250. The molecule has 0 radical (unpaired) electrons. The van der Waals surface area contributed by atoms with Gasteiger partial charge in [-0.3, -0.25) is 4.79 Å². The lowest BCUT2D eigenvalue weighted by molar-refractivity contribution is -0.141. The number of rotatable bonds is 4. The summed E-state index contributed by atoms with van der Waals surface area (Å²) < 4.78 is 37.8. The first-order valence-electron chi connectivity index (χ1n) is 5.96. The highest BCUT2D eigenvalue weighted by Crippen LogP contribution is 2.29. The average molecular weight is 335 g/mol. The van der Waals surface area contributed by atoms with Crippen LogP contribution >= 0.6 is 11.6 Å². The standard InChI is InChI=1S/C12H10ClF3N4O2/c13-10-2-6(1-9(20-10)12(14,15)16)11(22)18-4-8(21)7-3-17-5-19-7/h1-3,5,8,21H,4H2,(H,17,19)(H,18,22). The number of nitrogens with zero attached hydrogens (tertiary/aromatic N) is 2. The van der Waals surface area contributed by atoms with Crippen LogP contribution < -0.4 is 5.32 Å². The zero-order chi connectivity index (χ0) is 16.3. The van der Waals surface area contributed by atoms with Crippen molar-refractivity contribution in [2.45, 2.75) is 12.3 Å². The summed E-state index contributed by atoms with van der Waals surface area (Å²) in [6.07, 6.45) is -3.07. The zero-order valence-electron chi connectivity index (χ0n) is 10.9. The number of halogens is 4. The minimum atomic E-state index is -4.71. The quantitative estimate of drug-likeness (QED) is 0.745. The van der Waals surface area contributed by atoms with Crippen LogP contribution in [0.1, 0.15) is 27.8 Å². The number of hydrogen-bond donors (Lipinski definition) is 3. The molecular formula is C12H10ClF3N4O2. The van der Waals surface area contributed by atoms with Crippen LogP contribution in [0.15, 0.2) is 24.7 Å². The van der Waals surface area contributed by atoms with E-state index in [1.54, 1.807) is 0 Å². The Morgan fingerprint density at radius 1 is 1.45 bits per heavy atom. The number of amides is 1. The van der Waals surface area contributed by atoms with Gasteiger partial charge in [0.15, 0.2) is 0 Å². The van der Waals surface area contributed by atoms with Gasteiger partial charge in [-0.1, -0.05) is 11.6 Å². The molecule has 0 fully saturated rings. The molecule has 0 aromatic carbocycles. The molecule has 10 heteroatoms. The molecule has 0 aliphatic carbocycles. The molecule has 0 bridgehead atoms. The highest BCUT2D eigenvalue weighted by Gasteiger charge is 2.33. The van der Waals surface area contributed by atoms with E-state index < -0.39 is 29.0 Å². The summed E-state index contributed by atoms with van der Waals surface area (Å²) in [5.41, 5.74) is -1.20. The number of carbonyl (C=O) groups is 1. The maximum atomic E-state index is 12.6. The van der Waals surface area contributed by atoms with Gasteiger partial charge in [0.25, 0.3) is 5.91 Å². The van der Waals surface area contributed by atoms with Crippen molar-refractivity contribution in [2.75, 3.05) is 6.54 Å². The molecule has 1 unspecified atom stereocenters. The second-order valence-electron chi connectivity index (χ2n) is 4.29. The van der Waals surface area contributed by atoms with Crippen LogP contribution in [0.2, 0.25) is 5.15 Å². The van der Waals surface area contributed by atoms with Crippen LogP contribution in [0.5, 0.6) is 0 Å². The zero-order valence-corrected chi connectivity index (χ0v) is 11.6. The van der Waals surface area contributed by atoms with Crippen molar-refractivity contribution in [3.8, 4) is 0 Å². The van der Waals surface area contributed by atoms with Gasteiger partial charge in [0.05, 0.1) is 18.2 Å². The Hall–Kier alpha value is -2.13. The maximum absolute atomic E-state index is 12.6. The molecule has 1 amide bonds. The number of aliphatic hydroxyl groups excluding tert-OH is 1. The molecule has 0 aliphatic rings. The van der Waals surface area contributed by atoms with E-state index >= 15 is 0 Å². The SMILES string of the molecule is O=C(NCC(O)c1cnc[nH]1)c1cc(Cl)nc(C(F)(F)F)c1. The Morgan fingerprint density at radius 3 is 2.77 bits per heavy atom. The number of pyridine rings is 1. The Morgan fingerprint density at radius 2 is 2.18 bits per heavy atom. The molecule has 3 N–H and O–H groups in total. The number of imidazole rings is 1. The number of hydrogen-bond acceptors (Lipinski definition) is 4. The molecule has 0 saturated carbocycles. The van der Waals surface area contributed by atoms with Gasteiger partial charge in [-0.15, -0.1) is 0 Å². The Bertz CT molecular complexity index is 661. The summed E-state index contributed by atoms with van der Waals surface area (Å²) in [6.45, 7) is -0.206. The lowest BCUT2D eigenvalue weighted by Gasteiger charge is -2.12. The number of H-pyrrole nitrogens is 1. The average Bonchev–Trinajstić information content (AvgIpc) is 2.97. The molecule has 6 nitrogen and oxygen atoms in total. The molecular weight excluding hydrogens is 325 g/mol. The third-order valence-corrected chi connectivity index (χ3v) is 2.87. The van der Waals surface area contributed by atoms with Gasteiger partial charge in [0, 0.05) is 12.1 Å². The van der Waals surface area contributed by atoms with E-state index in [0.29, 0.717) is 11.8 Å². The summed E-state index contributed by atoms with van der Waals surface area (Å²) in [7, 11) is 0. The molecule has 2 heterocycles. The summed E-state index contributed by atoms with van der Waals surface area (Å²) >= 11 is 5.49. The Balaban J connectivity index is 2.08. The van der Waals surface area contributed by atoms with E-state index in [9.17, 15) is 23.1 Å². The molecule has 0 spiro atoms. The number of nitrogens with one attached hydrogen (secondary N) is 2. The van der Waals surface area contributed by atoms with E-state index in [4.69, 9.17) is 11.6 Å². The molecule has 118 valence electrons. The first-order chi connectivity index (χ1) is 10.3. The van der Waals surface area contributed by atoms with E-state index in [2.05, 4.69) is 20.3 Å². The van der Waals surface area contributed by atoms with Crippen molar-refractivity contribution in [1.29, 1.82) is 0 Å². The minimum absolute atomic E-state index is 0.206. The Labute approximate surface area is 127 Å². The topological polar surface area (TPSA) is 90.9 Å². The predicted octanol–water partition coefficient (Wildman–Crippen LogP) is 1.94. The molecule has 0 saturated heterocycles. The first-order valence-corrected chi connectivity index (χ1v) is 6.34. The first kappa shape index (κ1) is 16.2. The largest absolute Gasteiger partial charge is 0.433 e. The smallest absolute Gasteiger partial charge is 0.385 e. The second kappa shape index (κ2) is 6.32. The molecule has 22 heavy (non-hydrogen) atoms. The van der Waals surface area contributed by atoms with Gasteiger partial charge in [-0.25, -0.2) is 9.97 Å². The van der Waals surface area contributed by atoms with Gasteiger partial charge in [0.2, 0.25) is 0 Å². The summed E-state index contributed by atoms with van der Waals surface area (Å²) in [6, 6.07) is 1.60. The van der Waals surface area contributed by atoms with Crippen molar-refractivity contribution in [2.24, 2.45) is 0 Å². The molecule has 2 rings (SSSR count). The van der Waals surface area contributed by atoms with Gasteiger partial charge < -0.3 is 15.4 Å². The summed E-state index contributed by atoms with van der Waals surface area (Å²) in [5, 5.41) is 11.6. The van der Waals surface area contributed by atoms with E-state index in [1.165, 1.54) is 12.5 Å². The highest BCUT2D eigenvalue weighted by atomic mass is 35.5. The molecule has 1 atom stereocenters. The number of aromatic nitrogens is 3. The second-order valence-corrected chi connectivity index (χ2v) is 4.68. The van der Waals surface area contributed by atoms with Crippen molar-refractivity contribution in [1.82, 2.24) is 20.3 Å². The lowest BCUT2D eigenvalue weighted by Crippen LogP contribution is -2.29. The lowest BCUT2D eigenvalue weighted by atomic mass is 10.2. The fourth-order valence-electron chi connectivity index (χ4n) is 1.62. The van der Waals surface area contributed by atoms with Crippen LogP contribution in [0, 0.1) is 0 Å². The van der Waals surface area contributed by atoms with E-state index in [0.717, 1.165) is 6.07 Å². The van der Waals surface area contributed by atoms with Crippen molar-refractivity contribution in [3.05, 3.63) is 46.8 Å². The van der Waals surface area contributed by atoms with Crippen LogP contribution in [0.4, 0.5) is 13.2 Å². The number of aromatic amines is 1. The monoisotopic (exact) mass is 334 g/mol. The van der Waals surface area contributed by atoms with Crippen molar-refractivity contribution < 1.29 is 23.1 Å². The molecule has 0 aliphatic heterocycles. The van der Waals surface area contributed by atoms with Crippen LogP contribution in [-0.2, 0) is 6.18 Å². The predicted molar refractivity (Wildman–Crippen MR) is 70.1 cm³/mol. The normalized spacial score (nSPS) is 13.0. The Kier molecular flexibility index (Phi) is 4.67. The summed E-state index contributed by atoms with van der Waals surface area (Å²) in [5.74, 6) is -0.812. The number of alkyl halides is 3. The van der Waals surface area contributed by atoms with Crippen LogP contribution in [0.25, 0.3) is 0 Å². The fourth-order valence-corrected chi connectivity index (χ4v) is 1.83. The van der Waals surface area contributed by atoms with E-state index in [1.807, 2.05) is 0 Å². The van der Waals surface area contributed by atoms with E-state index in [-0.39, 0.29) is 12.1 Å². The molecule has 2 aromatic rings. The highest BCUT2D eigenvalue weighted by molar-refractivity contribution is 6.29. The van der Waals surface area contributed by atoms with Crippen LogP contribution in [-0.4, -0.2) is 32.5 Å². The maximum Gasteiger partial charge on any atom is 0.433 e. The van der Waals surface area contributed by atoms with Gasteiger partial charge in [-0.2, -0.15) is 13.2 Å². The minimum Gasteiger partial charge on any atom is -0.385 e. The number of aliphatic hydroxyl groups is 1. The van der Waals surface area contributed by atoms with Crippen molar-refractivity contribution in [3.63, 3.8) is 0 Å². The van der Waals surface area contributed by atoms with Gasteiger partial charge in [0.1, 0.15) is 17.0 Å². The van der Waals surface area contributed by atoms with Crippen molar-refractivity contribution >= 4 is 17.5 Å².